The van der Waals surface area contributed by atoms with Gasteiger partial charge < -0.3 is 5.32 Å². The van der Waals surface area contributed by atoms with E-state index in [9.17, 15) is 0 Å². The molecule has 0 unspecified atom stereocenters. The monoisotopic (exact) mass is 221 g/mol. The Balaban J connectivity index is 1.88. The second-order valence-corrected chi connectivity index (χ2v) is 5.32. The molecule has 0 spiro atoms. The topological polar surface area (TPSA) is 29.9 Å². The highest BCUT2D eigenvalue weighted by atomic mass is 15.3. The van der Waals surface area contributed by atoms with Crippen LogP contribution in [0.1, 0.15) is 44.4 Å². The molecule has 1 saturated carbocycles. The Morgan fingerprint density at radius 3 is 2.88 bits per heavy atom. The van der Waals surface area contributed by atoms with Crippen molar-refractivity contribution in [2.24, 2.45) is 5.92 Å². The Morgan fingerprint density at radius 1 is 1.50 bits per heavy atom. The third kappa shape index (κ3) is 3.08. The SMILES string of the molecule is Cc1c(CNC2CC2)cnn1CCC(C)C. The molecule has 0 atom stereocenters. The first-order chi connectivity index (χ1) is 7.66. The maximum Gasteiger partial charge on any atom is 0.0537 e. The van der Waals surface area contributed by atoms with Gasteiger partial charge in [-0.1, -0.05) is 13.8 Å². The summed E-state index contributed by atoms with van der Waals surface area (Å²) >= 11 is 0. The maximum absolute atomic E-state index is 4.46. The maximum atomic E-state index is 4.46. The molecule has 1 aliphatic carbocycles. The van der Waals surface area contributed by atoms with Gasteiger partial charge in [-0.2, -0.15) is 5.10 Å². The highest BCUT2D eigenvalue weighted by Gasteiger charge is 2.20. The summed E-state index contributed by atoms with van der Waals surface area (Å²) in [7, 11) is 0. The van der Waals surface area contributed by atoms with Gasteiger partial charge in [0.05, 0.1) is 6.20 Å². The van der Waals surface area contributed by atoms with Crippen LogP contribution < -0.4 is 5.32 Å². The minimum Gasteiger partial charge on any atom is -0.310 e. The van der Waals surface area contributed by atoms with E-state index in [0.717, 1.165) is 25.0 Å². The number of hydrogen-bond donors (Lipinski definition) is 1. The number of rotatable bonds is 6. The molecule has 0 bridgehead atoms. The van der Waals surface area contributed by atoms with Crippen molar-refractivity contribution in [2.45, 2.75) is 59.2 Å². The second kappa shape index (κ2) is 5.00. The number of nitrogens with zero attached hydrogens (tertiary/aromatic N) is 2. The average molecular weight is 221 g/mol. The molecule has 2 rings (SSSR count). The van der Waals surface area contributed by atoms with Crippen molar-refractivity contribution < 1.29 is 0 Å². The summed E-state index contributed by atoms with van der Waals surface area (Å²) in [6.45, 7) is 8.73. The molecule has 0 aromatic carbocycles. The highest BCUT2D eigenvalue weighted by Crippen LogP contribution is 2.20. The summed E-state index contributed by atoms with van der Waals surface area (Å²) in [6, 6.07) is 0.776. The molecule has 1 heterocycles. The third-order valence-electron chi connectivity index (χ3n) is 3.28. The molecule has 90 valence electrons. The summed E-state index contributed by atoms with van der Waals surface area (Å²) in [4.78, 5) is 0. The molecular formula is C13H23N3. The molecule has 0 aliphatic heterocycles. The van der Waals surface area contributed by atoms with E-state index in [1.165, 1.54) is 30.5 Å². The van der Waals surface area contributed by atoms with E-state index in [4.69, 9.17) is 0 Å². The van der Waals surface area contributed by atoms with Crippen molar-refractivity contribution in [3.05, 3.63) is 17.5 Å². The van der Waals surface area contributed by atoms with E-state index < -0.39 is 0 Å². The summed E-state index contributed by atoms with van der Waals surface area (Å²) in [6.07, 6.45) is 5.92. The first-order valence-corrected chi connectivity index (χ1v) is 6.41. The van der Waals surface area contributed by atoms with Crippen molar-refractivity contribution in [2.75, 3.05) is 0 Å². The summed E-state index contributed by atoms with van der Waals surface area (Å²) in [5.74, 6) is 0.747. The highest BCUT2D eigenvalue weighted by molar-refractivity contribution is 5.16. The van der Waals surface area contributed by atoms with Crippen LogP contribution in [-0.2, 0) is 13.1 Å². The van der Waals surface area contributed by atoms with Gasteiger partial charge in [0.2, 0.25) is 0 Å². The zero-order valence-corrected chi connectivity index (χ0v) is 10.7. The average Bonchev–Trinajstić information content (AvgIpc) is 2.99. The normalized spacial score (nSPS) is 16.0. The van der Waals surface area contributed by atoms with Gasteiger partial charge >= 0.3 is 0 Å². The minimum atomic E-state index is 0.747. The minimum absolute atomic E-state index is 0.747. The van der Waals surface area contributed by atoms with E-state index >= 15 is 0 Å². The van der Waals surface area contributed by atoms with Gasteiger partial charge in [-0.15, -0.1) is 0 Å². The van der Waals surface area contributed by atoms with E-state index in [0.29, 0.717) is 0 Å². The molecule has 16 heavy (non-hydrogen) atoms. The fourth-order valence-electron chi connectivity index (χ4n) is 1.81. The lowest BCUT2D eigenvalue weighted by molar-refractivity contribution is 0.480. The lowest BCUT2D eigenvalue weighted by Crippen LogP contribution is -2.16. The van der Waals surface area contributed by atoms with Crippen molar-refractivity contribution in [3.63, 3.8) is 0 Å². The van der Waals surface area contributed by atoms with Gasteiger partial charge in [0.25, 0.3) is 0 Å². The van der Waals surface area contributed by atoms with Crippen LogP contribution in [0.15, 0.2) is 6.20 Å². The fraction of sp³-hybridized carbons (Fsp3) is 0.769. The van der Waals surface area contributed by atoms with Crippen molar-refractivity contribution in [3.8, 4) is 0 Å². The molecule has 1 fully saturated rings. The lowest BCUT2D eigenvalue weighted by atomic mass is 10.1. The molecule has 0 radical (unpaired) electrons. The van der Waals surface area contributed by atoms with Crippen LogP contribution in [0.5, 0.6) is 0 Å². The summed E-state index contributed by atoms with van der Waals surface area (Å²) < 4.78 is 2.14. The summed E-state index contributed by atoms with van der Waals surface area (Å²) in [5.41, 5.74) is 2.68. The zero-order chi connectivity index (χ0) is 11.5. The first-order valence-electron chi connectivity index (χ1n) is 6.41. The van der Waals surface area contributed by atoms with Gasteiger partial charge in [-0.25, -0.2) is 0 Å². The predicted molar refractivity (Wildman–Crippen MR) is 66.3 cm³/mol. The van der Waals surface area contributed by atoms with E-state index in [1.54, 1.807) is 0 Å². The molecule has 3 heteroatoms. The molecule has 1 aliphatic rings. The molecule has 1 aromatic heterocycles. The Kier molecular flexibility index (Phi) is 3.64. The van der Waals surface area contributed by atoms with Crippen LogP contribution in [-0.4, -0.2) is 15.8 Å². The third-order valence-corrected chi connectivity index (χ3v) is 3.28. The van der Waals surface area contributed by atoms with Gasteiger partial charge in [0, 0.05) is 30.4 Å². The van der Waals surface area contributed by atoms with Crippen LogP contribution in [0.2, 0.25) is 0 Å². The van der Waals surface area contributed by atoms with Crippen LogP contribution in [0.25, 0.3) is 0 Å². The lowest BCUT2D eigenvalue weighted by Gasteiger charge is -2.08. The smallest absolute Gasteiger partial charge is 0.0537 e. The Bertz CT molecular complexity index is 313. The standard InChI is InChI=1S/C13H23N3/c1-10(2)6-7-16-11(3)12(9-15-16)8-14-13-4-5-13/h9-10,13-14H,4-8H2,1-3H3. The first kappa shape index (κ1) is 11.6. The molecular weight excluding hydrogens is 198 g/mol. The second-order valence-electron chi connectivity index (χ2n) is 5.32. The van der Waals surface area contributed by atoms with E-state index in [2.05, 4.69) is 35.9 Å². The number of aromatic nitrogens is 2. The number of aryl methyl sites for hydroxylation is 1. The van der Waals surface area contributed by atoms with E-state index in [1.807, 2.05) is 6.20 Å². The van der Waals surface area contributed by atoms with Crippen molar-refractivity contribution >= 4 is 0 Å². The van der Waals surface area contributed by atoms with Crippen molar-refractivity contribution in [1.82, 2.24) is 15.1 Å². The van der Waals surface area contributed by atoms with Gasteiger partial charge in [-0.05, 0) is 32.1 Å². The Labute approximate surface area is 98.2 Å². The van der Waals surface area contributed by atoms with Crippen molar-refractivity contribution in [1.29, 1.82) is 0 Å². The molecule has 1 aromatic rings. The largest absolute Gasteiger partial charge is 0.310 e. The van der Waals surface area contributed by atoms with Crippen LogP contribution in [0, 0.1) is 12.8 Å². The number of hydrogen-bond acceptors (Lipinski definition) is 2. The number of nitrogens with one attached hydrogen (secondary N) is 1. The van der Waals surface area contributed by atoms with Crippen LogP contribution in [0.3, 0.4) is 0 Å². The molecule has 0 saturated heterocycles. The van der Waals surface area contributed by atoms with Crippen LogP contribution >= 0.6 is 0 Å². The van der Waals surface area contributed by atoms with Crippen LogP contribution in [0.4, 0.5) is 0 Å². The quantitative estimate of drug-likeness (QED) is 0.800. The molecule has 1 N–H and O–H groups in total. The van der Waals surface area contributed by atoms with Gasteiger partial charge in [-0.3, -0.25) is 4.68 Å². The van der Waals surface area contributed by atoms with E-state index in [-0.39, 0.29) is 0 Å². The fourth-order valence-corrected chi connectivity index (χ4v) is 1.81. The Hall–Kier alpha value is -0.830. The molecule has 3 nitrogen and oxygen atoms in total. The van der Waals surface area contributed by atoms with Gasteiger partial charge in [0.15, 0.2) is 0 Å². The zero-order valence-electron chi connectivity index (χ0n) is 10.7. The van der Waals surface area contributed by atoms with Gasteiger partial charge in [0.1, 0.15) is 0 Å². The predicted octanol–water partition coefficient (Wildman–Crippen LogP) is 2.49. The Morgan fingerprint density at radius 2 is 2.25 bits per heavy atom. The summed E-state index contributed by atoms with van der Waals surface area (Å²) in [5, 5.41) is 8.00. The molecule has 0 amide bonds.